The normalized spacial score (nSPS) is 26.9. The molecule has 1 fully saturated rings. The van der Waals surface area contributed by atoms with Gasteiger partial charge in [0.15, 0.2) is 0 Å². The second-order valence-corrected chi connectivity index (χ2v) is 4.28. The standard InChI is InChI=1S/C10H13N5O3/c1-5-4-15(10(17)12-9(5)16)8-3-7(13-14-11)6(2)18-8/h4,6-8H,3H2,1-2H3,(H,12,16,17)/t6-,7?,8-/m1/s1. The Labute approximate surface area is 102 Å². The lowest BCUT2D eigenvalue weighted by Gasteiger charge is -2.13. The van der Waals surface area contributed by atoms with Gasteiger partial charge in [0.1, 0.15) is 6.23 Å². The predicted octanol–water partition coefficient (Wildman–Crippen LogP) is 0.831. The van der Waals surface area contributed by atoms with E-state index in [0.29, 0.717) is 12.0 Å². The van der Waals surface area contributed by atoms with Crippen molar-refractivity contribution in [2.24, 2.45) is 5.11 Å². The fraction of sp³-hybridized carbons (Fsp3) is 0.600. The van der Waals surface area contributed by atoms with Crippen molar-refractivity contribution in [2.75, 3.05) is 0 Å². The van der Waals surface area contributed by atoms with Gasteiger partial charge in [-0.3, -0.25) is 14.3 Å². The van der Waals surface area contributed by atoms with E-state index in [1.165, 1.54) is 10.8 Å². The maximum absolute atomic E-state index is 11.7. The molecule has 96 valence electrons. The van der Waals surface area contributed by atoms with Crippen LogP contribution < -0.4 is 11.2 Å². The summed E-state index contributed by atoms with van der Waals surface area (Å²) >= 11 is 0. The Morgan fingerprint density at radius 3 is 3.00 bits per heavy atom. The highest BCUT2D eigenvalue weighted by Gasteiger charge is 2.33. The molecule has 2 heterocycles. The quantitative estimate of drug-likeness (QED) is 0.477. The van der Waals surface area contributed by atoms with E-state index in [2.05, 4.69) is 15.0 Å². The van der Waals surface area contributed by atoms with Crippen LogP contribution in [-0.2, 0) is 4.74 Å². The van der Waals surface area contributed by atoms with Crippen molar-refractivity contribution in [3.05, 3.63) is 43.0 Å². The Hall–Kier alpha value is -2.05. The minimum atomic E-state index is -0.524. The zero-order valence-corrected chi connectivity index (χ0v) is 10.0. The van der Waals surface area contributed by atoms with Gasteiger partial charge in [-0.15, -0.1) is 0 Å². The van der Waals surface area contributed by atoms with Crippen LogP contribution in [-0.4, -0.2) is 21.7 Å². The Morgan fingerprint density at radius 1 is 1.61 bits per heavy atom. The number of nitrogens with one attached hydrogen (secondary N) is 1. The molecule has 1 aromatic rings. The zero-order valence-electron chi connectivity index (χ0n) is 10.0. The number of ether oxygens (including phenoxy) is 1. The lowest BCUT2D eigenvalue weighted by molar-refractivity contribution is 0.00601. The van der Waals surface area contributed by atoms with E-state index < -0.39 is 17.5 Å². The maximum atomic E-state index is 11.7. The van der Waals surface area contributed by atoms with Crippen molar-refractivity contribution in [3.63, 3.8) is 0 Å². The first kappa shape index (κ1) is 12.4. The van der Waals surface area contributed by atoms with Gasteiger partial charge in [-0.05, 0) is 19.4 Å². The van der Waals surface area contributed by atoms with Crippen LogP contribution in [0.1, 0.15) is 25.1 Å². The molecule has 1 aliphatic heterocycles. The highest BCUT2D eigenvalue weighted by molar-refractivity contribution is 5.02. The molecule has 0 aromatic carbocycles. The molecule has 0 radical (unpaired) electrons. The van der Waals surface area contributed by atoms with Gasteiger partial charge in [-0.2, -0.15) is 0 Å². The molecule has 0 aliphatic carbocycles. The molecule has 1 saturated heterocycles. The molecule has 3 atom stereocenters. The third-order valence-corrected chi connectivity index (χ3v) is 3.01. The monoisotopic (exact) mass is 251 g/mol. The summed E-state index contributed by atoms with van der Waals surface area (Å²) in [7, 11) is 0. The summed E-state index contributed by atoms with van der Waals surface area (Å²) in [5, 5.41) is 3.62. The number of hydrogen-bond donors (Lipinski definition) is 1. The Kier molecular flexibility index (Phi) is 3.22. The summed E-state index contributed by atoms with van der Waals surface area (Å²) in [6.07, 6.45) is 1.09. The van der Waals surface area contributed by atoms with Gasteiger partial charge in [0.25, 0.3) is 5.56 Å². The lowest BCUT2D eigenvalue weighted by atomic mass is 10.1. The number of azide groups is 1. The molecule has 0 bridgehead atoms. The number of aromatic nitrogens is 2. The minimum absolute atomic E-state index is 0.259. The zero-order chi connectivity index (χ0) is 13.3. The second-order valence-electron chi connectivity index (χ2n) is 4.28. The summed E-state index contributed by atoms with van der Waals surface area (Å²) < 4.78 is 6.88. The first-order valence-electron chi connectivity index (χ1n) is 5.54. The molecule has 0 saturated carbocycles. The molecular formula is C10H13N5O3. The van der Waals surface area contributed by atoms with Gasteiger partial charge in [0.05, 0.1) is 12.1 Å². The molecule has 1 unspecified atom stereocenters. The fourth-order valence-corrected chi connectivity index (χ4v) is 1.98. The number of aromatic amines is 1. The van der Waals surface area contributed by atoms with Gasteiger partial charge in [-0.25, -0.2) is 4.79 Å². The molecule has 18 heavy (non-hydrogen) atoms. The van der Waals surface area contributed by atoms with Gasteiger partial charge in [0.2, 0.25) is 0 Å². The molecule has 8 nitrogen and oxygen atoms in total. The molecule has 8 heteroatoms. The van der Waals surface area contributed by atoms with Crippen LogP contribution in [0.4, 0.5) is 0 Å². The second kappa shape index (κ2) is 4.67. The summed E-state index contributed by atoms with van der Waals surface area (Å²) in [5.74, 6) is 0. The first-order valence-corrected chi connectivity index (χ1v) is 5.54. The van der Waals surface area contributed by atoms with Gasteiger partial charge >= 0.3 is 5.69 Å². The average Bonchev–Trinajstić information content (AvgIpc) is 2.66. The number of aryl methyl sites for hydroxylation is 1. The van der Waals surface area contributed by atoms with Crippen molar-refractivity contribution in [1.29, 1.82) is 0 Å². The van der Waals surface area contributed by atoms with Crippen LogP contribution in [0.2, 0.25) is 0 Å². The first-order chi connectivity index (χ1) is 8.52. The third-order valence-electron chi connectivity index (χ3n) is 3.01. The summed E-state index contributed by atoms with van der Waals surface area (Å²) in [5.41, 5.74) is 7.92. The highest BCUT2D eigenvalue weighted by atomic mass is 16.5. The number of nitrogens with zero attached hydrogens (tertiary/aromatic N) is 4. The van der Waals surface area contributed by atoms with E-state index in [4.69, 9.17) is 10.3 Å². The smallest absolute Gasteiger partial charge is 0.330 e. The van der Waals surface area contributed by atoms with Gasteiger partial charge < -0.3 is 4.74 Å². The highest BCUT2D eigenvalue weighted by Crippen LogP contribution is 2.29. The van der Waals surface area contributed by atoms with Gasteiger partial charge in [0, 0.05) is 23.1 Å². The largest absolute Gasteiger partial charge is 0.354 e. The SMILES string of the molecule is Cc1cn([C@H]2CC(N=[N+]=[N-])[C@@H](C)O2)c(=O)[nH]c1=O. The molecule has 0 spiro atoms. The topological polar surface area (TPSA) is 113 Å². The van der Waals surface area contributed by atoms with Crippen LogP contribution in [0.3, 0.4) is 0 Å². The van der Waals surface area contributed by atoms with Crippen LogP contribution in [0, 0.1) is 6.92 Å². The molecule has 1 N–H and O–H groups in total. The van der Waals surface area contributed by atoms with E-state index in [1.807, 2.05) is 0 Å². The lowest BCUT2D eigenvalue weighted by Crippen LogP contribution is -2.33. The van der Waals surface area contributed by atoms with Crippen molar-refractivity contribution >= 4 is 0 Å². The molecular weight excluding hydrogens is 238 g/mol. The number of H-pyrrole nitrogens is 1. The summed E-state index contributed by atoms with van der Waals surface area (Å²) in [6.45, 7) is 3.39. The van der Waals surface area contributed by atoms with Crippen LogP contribution in [0.15, 0.2) is 20.9 Å². The summed E-state index contributed by atoms with van der Waals surface area (Å²) in [4.78, 5) is 27.9. The minimum Gasteiger partial charge on any atom is -0.354 e. The van der Waals surface area contributed by atoms with Crippen molar-refractivity contribution in [1.82, 2.24) is 9.55 Å². The van der Waals surface area contributed by atoms with Crippen LogP contribution >= 0.6 is 0 Å². The van der Waals surface area contributed by atoms with Crippen LogP contribution in [0.25, 0.3) is 10.4 Å². The maximum Gasteiger partial charge on any atom is 0.330 e. The number of hydrogen-bond acceptors (Lipinski definition) is 4. The molecule has 1 aromatic heterocycles. The van der Waals surface area contributed by atoms with E-state index in [9.17, 15) is 9.59 Å². The van der Waals surface area contributed by atoms with E-state index in [0.717, 1.165) is 0 Å². The van der Waals surface area contributed by atoms with E-state index in [-0.39, 0.29) is 12.1 Å². The molecule has 1 aliphatic rings. The van der Waals surface area contributed by atoms with E-state index in [1.54, 1.807) is 13.8 Å². The fourth-order valence-electron chi connectivity index (χ4n) is 1.98. The Bertz CT molecular complexity index is 613. The van der Waals surface area contributed by atoms with Crippen molar-refractivity contribution < 1.29 is 4.74 Å². The van der Waals surface area contributed by atoms with E-state index >= 15 is 0 Å². The van der Waals surface area contributed by atoms with Crippen LogP contribution in [0.5, 0.6) is 0 Å². The molecule has 2 rings (SSSR count). The van der Waals surface area contributed by atoms with Crippen molar-refractivity contribution in [2.45, 2.75) is 38.6 Å². The molecule has 0 amide bonds. The Morgan fingerprint density at radius 2 is 2.33 bits per heavy atom. The van der Waals surface area contributed by atoms with Crippen molar-refractivity contribution in [3.8, 4) is 0 Å². The average molecular weight is 251 g/mol. The predicted molar refractivity (Wildman–Crippen MR) is 63.2 cm³/mol. The third kappa shape index (κ3) is 2.15. The number of rotatable bonds is 2. The summed E-state index contributed by atoms with van der Waals surface area (Å²) in [6, 6.07) is -0.306. The Balaban J connectivity index is 2.35. The van der Waals surface area contributed by atoms with Gasteiger partial charge in [-0.1, -0.05) is 5.11 Å².